The van der Waals surface area contributed by atoms with Gasteiger partial charge in [-0.15, -0.1) is 11.3 Å². The van der Waals surface area contributed by atoms with Crippen molar-refractivity contribution in [2.45, 2.75) is 6.18 Å². The van der Waals surface area contributed by atoms with Crippen LogP contribution in [0.2, 0.25) is 0 Å². The predicted molar refractivity (Wildman–Crippen MR) is 216 cm³/mol. The average Bonchev–Trinajstić information content (AvgIpc) is 3.90. The lowest BCUT2D eigenvalue weighted by atomic mass is 9.99. The Labute approximate surface area is 314 Å². The number of rotatable bonds is 4. The van der Waals surface area contributed by atoms with E-state index in [9.17, 15) is 0 Å². The standard InChI is InChI=1S/C46H25F3N4OS/c47-46(48,49)33-25-32(45-51-43(26-13-3-1-4-14-26)50-44(52-45)27-15-5-2-6-16-27)42-39(30-18-8-11-21-35(30)54-42)41(33)53-34-20-10-7-17-28(34)29-23-24-37-38(40(29)53)31-19-9-12-22-36(31)55-37/h1-25H. The van der Waals surface area contributed by atoms with Gasteiger partial charge in [-0.2, -0.15) is 13.2 Å². The molecular formula is C46H25F3N4OS. The summed E-state index contributed by atoms with van der Waals surface area (Å²) in [7, 11) is 0. The van der Waals surface area contributed by atoms with Gasteiger partial charge >= 0.3 is 6.18 Å². The maximum atomic E-state index is 16.1. The van der Waals surface area contributed by atoms with Crippen LogP contribution in [0.3, 0.4) is 0 Å². The lowest BCUT2D eigenvalue weighted by Crippen LogP contribution is -2.12. The van der Waals surface area contributed by atoms with Gasteiger partial charge in [-0.3, -0.25) is 0 Å². The monoisotopic (exact) mass is 738 g/mol. The van der Waals surface area contributed by atoms with Crippen molar-refractivity contribution >= 4 is 75.3 Å². The molecule has 4 aromatic heterocycles. The third-order valence-corrected chi connectivity index (χ3v) is 11.4. The Kier molecular flexibility index (Phi) is 6.81. The zero-order valence-corrected chi connectivity index (χ0v) is 29.5. The van der Waals surface area contributed by atoms with Crippen LogP contribution < -0.4 is 0 Å². The van der Waals surface area contributed by atoms with Crippen LogP contribution in [0.25, 0.3) is 104 Å². The second kappa shape index (κ2) is 11.8. The summed E-state index contributed by atoms with van der Waals surface area (Å²) in [6, 6.07) is 46.9. The first-order valence-electron chi connectivity index (χ1n) is 17.7. The summed E-state index contributed by atoms with van der Waals surface area (Å²) >= 11 is 1.63. The van der Waals surface area contributed by atoms with Crippen LogP contribution in [0.4, 0.5) is 13.2 Å². The van der Waals surface area contributed by atoms with Crippen molar-refractivity contribution in [3.05, 3.63) is 157 Å². The fourth-order valence-electron chi connectivity index (χ4n) is 7.92. The number of nitrogens with zero attached hydrogens (tertiary/aromatic N) is 4. The van der Waals surface area contributed by atoms with Crippen LogP contribution >= 0.6 is 11.3 Å². The quantitative estimate of drug-likeness (QED) is 0.180. The first-order chi connectivity index (χ1) is 26.9. The summed E-state index contributed by atoms with van der Waals surface area (Å²) in [6.07, 6.45) is -4.80. The lowest BCUT2D eigenvalue weighted by molar-refractivity contribution is -0.137. The smallest absolute Gasteiger partial charge is 0.418 e. The first kappa shape index (κ1) is 31.7. The van der Waals surface area contributed by atoms with E-state index >= 15 is 13.2 Å². The minimum absolute atomic E-state index is 0.00852. The number of hydrogen-bond acceptors (Lipinski definition) is 5. The molecule has 0 atom stereocenters. The van der Waals surface area contributed by atoms with E-state index in [1.807, 2.05) is 127 Å². The van der Waals surface area contributed by atoms with Crippen LogP contribution in [-0.4, -0.2) is 19.5 Å². The van der Waals surface area contributed by atoms with E-state index < -0.39 is 11.7 Å². The molecule has 0 fully saturated rings. The fraction of sp³-hybridized carbons (Fsp3) is 0.0217. The molecule has 0 aliphatic heterocycles. The summed E-state index contributed by atoms with van der Waals surface area (Å²) in [5, 5.41) is 4.48. The van der Waals surface area contributed by atoms with E-state index in [0.717, 1.165) is 37.0 Å². The molecule has 11 aromatic rings. The number of benzene rings is 7. The number of thiophene rings is 1. The molecule has 0 saturated heterocycles. The van der Waals surface area contributed by atoms with Crippen molar-refractivity contribution in [2.24, 2.45) is 0 Å². The van der Waals surface area contributed by atoms with Gasteiger partial charge < -0.3 is 8.98 Å². The molecule has 11 rings (SSSR count). The second-order valence-corrected chi connectivity index (χ2v) is 14.5. The molecule has 0 radical (unpaired) electrons. The van der Waals surface area contributed by atoms with Crippen molar-refractivity contribution in [1.29, 1.82) is 0 Å². The normalized spacial score (nSPS) is 12.3. The maximum absolute atomic E-state index is 16.1. The number of alkyl halides is 3. The lowest BCUT2D eigenvalue weighted by Gasteiger charge is -2.19. The average molecular weight is 739 g/mol. The third-order valence-electron chi connectivity index (χ3n) is 10.3. The maximum Gasteiger partial charge on any atom is 0.418 e. The Bertz CT molecular complexity index is 3250. The van der Waals surface area contributed by atoms with Gasteiger partial charge in [0.2, 0.25) is 0 Å². The minimum atomic E-state index is -4.80. The van der Waals surface area contributed by atoms with Gasteiger partial charge in [0.15, 0.2) is 17.5 Å². The molecule has 0 N–H and O–H groups in total. The van der Waals surface area contributed by atoms with Gasteiger partial charge in [-0.1, -0.05) is 121 Å². The highest BCUT2D eigenvalue weighted by atomic mass is 32.1. The largest absolute Gasteiger partial charge is 0.455 e. The zero-order chi connectivity index (χ0) is 36.8. The zero-order valence-electron chi connectivity index (χ0n) is 28.7. The van der Waals surface area contributed by atoms with Gasteiger partial charge in [0.05, 0.1) is 33.2 Å². The van der Waals surface area contributed by atoms with E-state index in [0.29, 0.717) is 50.2 Å². The van der Waals surface area contributed by atoms with Gasteiger partial charge in [0.1, 0.15) is 11.2 Å². The summed E-state index contributed by atoms with van der Waals surface area (Å²) in [6.45, 7) is 0. The number of aromatic nitrogens is 4. The van der Waals surface area contributed by atoms with Crippen LogP contribution in [0.1, 0.15) is 5.56 Å². The number of hydrogen-bond donors (Lipinski definition) is 0. The van der Waals surface area contributed by atoms with Crippen molar-refractivity contribution in [3.8, 4) is 39.9 Å². The molecule has 4 heterocycles. The van der Waals surface area contributed by atoms with E-state index in [1.165, 1.54) is 0 Å². The van der Waals surface area contributed by atoms with E-state index in [1.54, 1.807) is 22.0 Å². The molecule has 0 aliphatic carbocycles. The Hall–Kier alpha value is -6.84. The third kappa shape index (κ3) is 4.83. The van der Waals surface area contributed by atoms with Crippen molar-refractivity contribution in [1.82, 2.24) is 19.5 Å². The molecule has 0 amide bonds. The predicted octanol–water partition coefficient (Wildman–Crippen LogP) is 13.3. The molecule has 0 spiro atoms. The molecule has 0 bridgehead atoms. The van der Waals surface area contributed by atoms with Crippen LogP contribution in [0.5, 0.6) is 0 Å². The SMILES string of the molecule is FC(F)(F)c1cc(-c2nc(-c3ccccc3)nc(-c3ccccc3)n2)c2oc3ccccc3c2c1-n1c2ccccc2c2ccc3sc4ccccc4c3c21. The minimum Gasteiger partial charge on any atom is -0.455 e. The Morgan fingerprint density at radius 2 is 1.13 bits per heavy atom. The fourth-order valence-corrected chi connectivity index (χ4v) is 9.03. The van der Waals surface area contributed by atoms with Gasteiger partial charge in [0, 0.05) is 47.5 Å². The molecule has 7 aromatic carbocycles. The van der Waals surface area contributed by atoms with E-state index in [-0.39, 0.29) is 22.7 Å². The van der Waals surface area contributed by atoms with Crippen LogP contribution in [0, 0.1) is 0 Å². The van der Waals surface area contributed by atoms with Crippen LogP contribution in [0.15, 0.2) is 156 Å². The van der Waals surface area contributed by atoms with Crippen molar-refractivity contribution < 1.29 is 17.6 Å². The van der Waals surface area contributed by atoms with Crippen molar-refractivity contribution in [2.75, 3.05) is 0 Å². The highest BCUT2D eigenvalue weighted by molar-refractivity contribution is 7.26. The number of furan rings is 1. The highest BCUT2D eigenvalue weighted by Gasteiger charge is 2.39. The van der Waals surface area contributed by atoms with E-state index in [4.69, 9.17) is 19.4 Å². The van der Waals surface area contributed by atoms with Gasteiger partial charge in [-0.25, -0.2) is 15.0 Å². The number of fused-ring (bicyclic) bond motifs is 10. The van der Waals surface area contributed by atoms with E-state index in [2.05, 4.69) is 12.1 Å². The number of halogens is 3. The Morgan fingerprint density at radius 1 is 0.527 bits per heavy atom. The molecule has 262 valence electrons. The molecule has 0 unspecified atom stereocenters. The topological polar surface area (TPSA) is 56.7 Å². The Morgan fingerprint density at radius 3 is 1.84 bits per heavy atom. The highest BCUT2D eigenvalue weighted by Crippen LogP contribution is 2.50. The van der Waals surface area contributed by atoms with Gasteiger partial charge in [0.25, 0.3) is 0 Å². The molecule has 0 saturated carbocycles. The Balaban J connectivity index is 1.33. The molecular weight excluding hydrogens is 714 g/mol. The summed E-state index contributed by atoms with van der Waals surface area (Å²) in [4.78, 5) is 14.5. The van der Waals surface area contributed by atoms with Crippen LogP contribution in [-0.2, 0) is 6.18 Å². The number of para-hydroxylation sites is 2. The summed E-state index contributed by atoms with van der Waals surface area (Å²) in [5.41, 5.74) is 2.75. The molecule has 55 heavy (non-hydrogen) atoms. The summed E-state index contributed by atoms with van der Waals surface area (Å²) in [5.74, 6) is 0.739. The molecule has 0 aliphatic rings. The molecule has 9 heteroatoms. The molecule has 5 nitrogen and oxygen atoms in total. The van der Waals surface area contributed by atoms with Crippen molar-refractivity contribution in [3.63, 3.8) is 0 Å². The first-order valence-corrected chi connectivity index (χ1v) is 18.5. The second-order valence-electron chi connectivity index (χ2n) is 13.4. The summed E-state index contributed by atoms with van der Waals surface area (Å²) < 4.78 is 58.7. The van der Waals surface area contributed by atoms with Gasteiger partial charge in [-0.05, 0) is 30.3 Å².